The molecule has 14 heavy (non-hydrogen) atoms. The SMILES string of the molecule is CCOC(=O)N1C[C@H]2[C@@H]1[C@H](O)[C@@]2(C)Br. The lowest BCUT2D eigenvalue weighted by Crippen LogP contribution is -2.81. The fourth-order valence-electron chi connectivity index (χ4n) is 2.26. The van der Waals surface area contributed by atoms with Crippen molar-refractivity contribution >= 4 is 22.0 Å². The first-order chi connectivity index (χ1) is 6.50. The van der Waals surface area contributed by atoms with Crippen LogP contribution in [0.3, 0.4) is 0 Å². The second-order valence-electron chi connectivity index (χ2n) is 4.04. The summed E-state index contributed by atoms with van der Waals surface area (Å²) in [4.78, 5) is 12.9. The van der Waals surface area contributed by atoms with E-state index in [2.05, 4.69) is 15.9 Å². The molecule has 0 bridgehead atoms. The van der Waals surface area contributed by atoms with Crippen molar-refractivity contribution in [2.45, 2.75) is 30.3 Å². The van der Waals surface area contributed by atoms with Gasteiger partial charge in [-0.15, -0.1) is 0 Å². The number of aliphatic hydroxyl groups excluding tert-OH is 1. The van der Waals surface area contributed by atoms with E-state index in [9.17, 15) is 9.90 Å². The molecule has 1 amide bonds. The number of likely N-dealkylation sites (tertiary alicyclic amines) is 1. The van der Waals surface area contributed by atoms with E-state index in [4.69, 9.17) is 4.74 Å². The van der Waals surface area contributed by atoms with Gasteiger partial charge in [-0.3, -0.25) is 0 Å². The third kappa shape index (κ3) is 1.11. The molecule has 0 aromatic heterocycles. The molecule has 2 aliphatic rings. The molecule has 1 N–H and O–H groups in total. The van der Waals surface area contributed by atoms with Crippen LogP contribution in [0.1, 0.15) is 13.8 Å². The van der Waals surface area contributed by atoms with Gasteiger partial charge in [-0.25, -0.2) is 4.79 Å². The third-order valence-corrected chi connectivity index (χ3v) is 4.35. The van der Waals surface area contributed by atoms with E-state index in [1.54, 1.807) is 11.8 Å². The zero-order valence-electron chi connectivity index (χ0n) is 8.24. The van der Waals surface area contributed by atoms with Crippen molar-refractivity contribution < 1.29 is 14.6 Å². The molecule has 4 atom stereocenters. The van der Waals surface area contributed by atoms with Gasteiger partial charge in [0.25, 0.3) is 0 Å². The number of ether oxygens (including phenoxy) is 1. The molecule has 1 aliphatic heterocycles. The summed E-state index contributed by atoms with van der Waals surface area (Å²) in [6.07, 6.45) is -0.790. The Kier molecular flexibility index (Phi) is 2.27. The number of nitrogens with zero attached hydrogens (tertiary/aromatic N) is 1. The first-order valence-corrected chi connectivity index (χ1v) is 5.59. The van der Waals surface area contributed by atoms with Crippen LogP contribution in [-0.2, 0) is 4.74 Å². The molecule has 0 spiro atoms. The number of carbonyl (C=O) groups is 1. The Labute approximate surface area is 91.3 Å². The minimum atomic E-state index is -0.481. The van der Waals surface area contributed by atoms with Crippen LogP contribution in [0.4, 0.5) is 4.79 Å². The minimum Gasteiger partial charge on any atom is -0.450 e. The molecule has 4 nitrogen and oxygen atoms in total. The lowest BCUT2D eigenvalue weighted by molar-refractivity contribution is -0.160. The quantitative estimate of drug-likeness (QED) is 0.718. The normalized spacial score (nSPS) is 44.9. The number of hydrogen-bond donors (Lipinski definition) is 1. The number of aliphatic hydroxyl groups is 1. The lowest BCUT2D eigenvalue weighted by Gasteiger charge is -2.65. The Morgan fingerprint density at radius 1 is 1.79 bits per heavy atom. The molecular formula is C9H14BrNO3. The first kappa shape index (κ1) is 10.2. The molecule has 1 saturated heterocycles. The van der Waals surface area contributed by atoms with Gasteiger partial charge in [0.05, 0.1) is 23.1 Å². The molecular weight excluding hydrogens is 250 g/mol. The third-order valence-electron chi connectivity index (χ3n) is 3.29. The molecule has 5 heteroatoms. The van der Waals surface area contributed by atoms with E-state index in [1.807, 2.05) is 6.92 Å². The number of carbonyl (C=O) groups excluding carboxylic acids is 1. The summed E-state index contributed by atoms with van der Waals surface area (Å²) in [5.74, 6) is 0.363. The van der Waals surface area contributed by atoms with Gasteiger partial charge in [0.1, 0.15) is 0 Å². The Hall–Kier alpha value is -0.290. The number of alkyl halides is 1. The van der Waals surface area contributed by atoms with Gasteiger partial charge in [-0.1, -0.05) is 15.9 Å². The summed E-state index contributed by atoms with van der Waals surface area (Å²) >= 11 is 3.47. The average molecular weight is 264 g/mol. The minimum absolute atomic E-state index is 0.0431. The zero-order valence-corrected chi connectivity index (χ0v) is 9.82. The fraction of sp³-hybridized carbons (Fsp3) is 0.889. The molecule has 0 radical (unpaired) electrons. The van der Waals surface area contributed by atoms with Gasteiger partial charge in [-0.2, -0.15) is 0 Å². The maximum atomic E-state index is 11.3. The maximum absolute atomic E-state index is 11.3. The molecule has 1 heterocycles. The van der Waals surface area contributed by atoms with Crippen LogP contribution in [0.5, 0.6) is 0 Å². The van der Waals surface area contributed by atoms with Gasteiger partial charge in [-0.05, 0) is 13.8 Å². The van der Waals surface area contributed by atoms with E-state index in [0.717, 1.165) is 0 Å². The Morgan fingerprint density at radius 3 is 2.93 bits per heavy atom. The molecule has 2 fully saturated rings. The monoisotopic (exact) mass is 263 g/mol. The standard InChI is InChI=1S/C9H14BrNO3/c1-3-14-8(13)11-4-5-6(11)7(12)9(5,2)10/h5-7,12H,3-4H2,1-2H3/t5-,6+,7-,9-/m0/s1. The molecule has 0 unspecified atom stereocenters. The highest BCUT2D eigenvalue weighted by Crippen LogP contribution is 2.54. The highest BCUT2D eigenvalue weighted by molar-refractivity contribution is 9.10. The van der Waals surface area contributed by atoms with Gasteiger partial charge in [0, 0.05) is 12.5 Å². The predicted octanol–water partition coefficient (Wildman–Crippen LogP) is 0.971. The topological polar surface area (TPSA) is 49.8 Å². The van der Waals surface area contributed by atoms with Crippen molar-refractivity contribution in [1.82, 2.24) is 4.90 Å². The van der Waals surface area contributed by atoms with Crippen LogP contribution < -0.4 is 0 Å². The van der Waals surface area contributed by atoms with E-state index in [0.29, 0.717) is 19.1 Å². The maximum Gasteiger partial charge on any atom is 0.410 e. The Bertz CT molecular complexity index is 261. The van der Waals surface area contributed by atoms with E-state index in [1.165, 1.54) is 0 Å². The highest BCUT2D eigenvalue weighted by atomic mass is 79.9. The molecule has 0 aromatic carbocycles. The van der Waals surface area contributed by atoms with Gasteiger partial charge >= 0.3 is 6.09 Å². The second kappa shape index (κ2) is 3.10. The number of piperidine rings is 1. The van der Waals surface area contributed by atoms with E-state index >= 15 is 0 Å². The van der Waals surface area contributed by atoms with Crippen LogP contribution in [0.25, 0.3) is 0 Å². The predicted molar refractivity (Wildman–Crippen MR) is 54.3 cm³/mol. The molecule has 1 aliphatic carbocycles. The van der Waals surface area contributed by atoms with Crippen LogP contribution in [0.2, 0.25) is 0 Å². The van der Waals surface area contributed by atoms with Crippen LogP contribution in [0, 0.1) is 5.92 Å². The van der Waals surface area contributed by atoms with E-state index < -0.39 is 6.10 Å². The van der Waals surface area contributed by atoms with Crippen LogP contribution in [0.15, 0.2) is 0 Å². The van der Waals surface area contributed by atoms with Gasteiger partial charge in [0.2, 0.25) is 0 Å². The second-order valence-corrected chi connectivity index (χ2v) is 5.75. The van der Waals surface area contributed by atoms with Gasteiger partial charge < -0.3 is 14.7 Å². The van der Waals surface area contributed by atoms with Crippen molar-refractivity contribution in [3.8, 4) is 0 Å². The summed E-state index contributed by atoms with van der Waals surface area (Å²) in [5.41, 5.74) is 0. The number of rotatable bonds is 1. The Morgan fingerprint density at radius 2 is 2.43 bits per heavy atom. The summed E-state index contributed by atoms with van der Waals surface area (Å²) in [6, 6.07) is -0.0431. The van der Waals surface area contributed by atoms with E-state index in [-0.39, 0.29) is 16.5 Å². The summed E-state index contributed by atoms with van der Waals surface area (Å²) < 4.78 is 4.65. The van der Waals surface area contributed by atoms with Crippen molar-refractivity contribution in [3.05, 3.63) is 0 Å². The smallest absolute Gasteiger partial charge is 0.410 e. The number of halogens is 1. The van der Waals surface area contributed by atoms with Crippen molar-refractivity contribution in [3.63, 3.8) is 0 Å². The van der Waals surface area contributed by atoms with Crippen LogP contribution in [-0.4, -0.2) is 45.7 Å². The number of amides is 1. The molecule has 0 aromatic rings. The summed E-state index contributed by atoms with van der Waals surface area (Å²) in [6.45, 7) is 4.80. The van der Waals surface area contributed by atoms with Crippen LogP contribution >= 0.6 is 15.9 Å². The number of fused-ring (bicyclic) bond motifs is 1. The lowest BCUT2D eigenvalue weighted by atomic mass is 9.61. The van der Waals surface area contributed by atoms with Crippen molar-refractivity contribution in [2.75, 3.05) is 13.2 Å². The van der Waals surface area contributed by atoms with Gasteiger partial charge in [0.15, 0.2) is 0 Å². The molecule has 1 saturated carbocycles. The summed E-state index contributed by atoms with van der Waals surface area (Å²) in [5, 5.41) is 9.76. The molecule has 2 rings (SSSR count). The molecule has 80 valence electrons. The largest absolute Gasteiger partial charge is 0.450 e. The number of hydrogen-bond acceptors (Lipinski definition) is 3. The Balaban J connectivity index is 1.95. The summed E-state index contributed by atoms with van der Waals surface area (Å²) in [7, 11) is 0. The van der Waals surface area contributed by atoms with Crippen molar-refractivity contribution in [1.29, 1.82) is 0 Å². The van der Waals surface area contributed by atoms with Crippen molar-refractivity contribution in [2.24, 2.45) is 5.92 Å². The average Bonchev–Trinajstić information content (AvgIpc) is 2.02. The highest BCUT2D eigenvalue weighted by Gasteiger charge is 2.67. The zero-order chi connectivity index (χ0) is 10.5. The first-order valence-electron chi connectivity index (χ1n) is 4.80. The fourth-order valence-corrected chi connectivity index (χ4v) is 2.95.